The van der Waals surface area contributed by atoms with Crippen molar-refractivity contribution in [1.29, 1.82) is 0 Å². The van der Waals surface area contributed by atoms with E-state index in [1.807, 2.05) is 0 Å². The summed E-state index contributed by atoms with van der Waals surface area (Å²) in [6.07, 6.45) is 0. The van der Waals surface area contributed by atoms with Gasteiger partial charge in [0, 0.05) is 5.66 Å². The average Bonchev–Trinajstić information content (AvgIpc) is 2.36. The van der Waals surface area contributed by atoms with Crippen LogP contribution in [0.2, 0.25) is 0 Å². The largest absolute Gasteiger partial charge is 0.380 e. The zero-order chi connectivity index (χ0) is 11.5. The van der Waals surface area contributed by atoms with E-state index in [0.717, 1.165) is 13.2 Å². The van der Waals surface area contributed by atoms with E-state index in [0.29, 0.717) is 5.66 Å². The van der Waals surface area contributed by atoms with Gasteiger partial charge in [-0.2, -0.15) is 0 Å². The monoisotopic (exact) mass is 242 g/mol. The number of hydrogen-bond donors (Lipinski definition) is 0. The molecule has 0 radical (unpaired) electrons. The Bertz CT molecular complexity index is 425. The highest BCUT2D eigenvalue weighted by Gasteiger charge is 2.30. The van der Waals surface area contributed by atoms with Gasteiger partial charge in [-0.1, -0.05) is 60.7 Å². The first-order chi connectivity index (χ1) is 8.45. The number of hydrogen-bond acceptors (Lipinski definition) is 1. The quantitative estimate of drug-likeness (QED) is 0.751. The Hall–Kier alpha value is -1.17. The molecule has 2 aromatic rings. The summed E-state index contributed by atoms with van der Waals surface area (Å²) in [5.41, 5.74) is 0.690. The Morgan fingerprint density at radius 1 is 0.765 bits per heavy atom. The van der Waals surface area contributed by atoms with E-state index in [-0.39, 0.29) is 7.92 Å². The Balaban J connectivity index is 1.98. The van der Waals surface area contributed by atoms with Crippen LogP contribution in [-0.4, -0.2) is 18.9 Å². The maximum absolute atomic E-state index is 5.38. The molecule has 1 aliphatic heterocycles. The first kappa shape index (κ1) is 11.0. The average molecular weight is 242 g/mol. The molecule has 1 heterocycles. The van der Waals surface area contributed by atoms with E-state index in [1.54, 1.807) is 0 Å². The fourth-order valence-corrected chi connectivity index (χ4v) is 4.76. The van der Waals surface area contributed by atoms with Crippen LogP contribution in [0.15, 0.2) is 60.7 Å². The molecule has 0 bridgehead atoms. The predicted octanol–water partition coefficient (Wildman–Crippen LogP) is 2.52. The van der Waals surface area contributed by atoms with Gasteiger partial charge >= 0.3 is 0 Å². The zero-order valence-corrected chi connectivity index (χ0v) is 10.5. The summed E-state index contributed by atoms with van der Waals surface area (Å²) < 4.78 is 5.38. The van der Waals surface area contributed by atoms with E-state index >= 15 is 0 Å². The van der Waals surface area contributed by atoms with Crippen LogP contribution in [0.1, 0.15) is 0 Å². The molecule has 0 atom stereocenters. The van der Waals surface area contributed by atoms with Crippen LogP contribution in [0.3, 0.4) is 0 Å². The van der Waals surface area contributed by atoms with E-state index in [4.69, 9.17) is 4.74 Å². The van der Waals surface area contributed by atoms with Gasteiger partial charge in [-0.15, -0.1) is 0 Å². The molecule has 1 fully saturated rings. The van der Waals surface area contributed by atoms with Crippen molar-refractivity contribution < 1.29 is 4.74 Å². The van der Waals surface area contributed by atoms with Crippen molar-refractivity contribution in [2.45, 2.75) is 5.66 Å². The summed E-state index contributed by atoms with van der Waals surface area (Å²) in [5.74, 6) is 0. The fourth-order valence-electron chi connectivity index (χ4n) is 2.12. The van der Waals surface area contributed by atoms with E-state index in [1.165, 1.54) is 10.6 Å². The number of rotatable bonds is 3. The van der Waals surface area contributed by atoms with Crippen LogP contribution >= 0.6 is 7.92 Å². The molecule has 0 saturated carbocycles. The molecule has 2 aromatic carbocycles. The first-order valence-electron chi connectivity index (χ1n) is 5.92. The summed E-state index contributed by atoms with van der Waals surface area (Å²) in [4.78, 5) is 0. The van der Waals surface area contributed by atoms with Crippen molar-refractivity contribution in [1.82, 2.24) is 0 Å². The number of ether oxygens (including phenoxy) is 1. The lowest BCUT2D eigenvalue weighted by Crippen LogP contribution is -2.37. The van der Waals surface area contributed by atoms with Crippen molar-refractivity contribution in [3.05, 3.63) is 60.7 Å². The van der Waals surface area contributed by atoms with E-state index < -0.39 is 0 Å². The first-order valence-corrected chi connectivity index (χ1v) is 7.33. The highest BCUT2D eigenvalue weighted by atomic mass is 31.1. The van der Waals surface area contributed by atoms with Crippen LogP contribution in [-0.2, 0) is 4.74 Å². The second-order valence-electron chi connectivity index (χ2n) is 4.23. The van der Waals surface area contributed by atoms with E-state index in [9.17, 15) is 0 Å². The summed E-state index contributed by atoms with van der Waals surface area (Å²) in [6.45, 7) is 1.82. The molecule has 0 unspecified atom stereocenters. The van der Waals surface area contributed by atoms with Gasteiger partial charge in [0.15, 0.2) is 0 Å². The number of benzene rings is 2. The third-order valence-electron chi connectivity index (χ3n) is 3.05. The van der Waals surface area contributed by atoms with Crippen LogP contribution in [0, 0.1) is 0 Å². The van der Waals surface area contributed by atoms with Crippen molar-refractivity contribution >= 4 is 18.5 Å². The lowest BCUT2D eigenvalue weighted by atomic mass is 10.4. The molecule has 1 aliphatic rings. The molecule has 2 heteroatoms. The standard InChI is InChI=1S/C15H15OP/c1-3-7-13(8-4-1)17(15-11-16-12-15)14-9-5-2-6-10-14/h1-10,15H,11-12H2. The second kappa shape index (κ2) is 5.00. The van der Waals surface area contributed by atoms with Gasteiger partial charge in [0.25, 0.3) is 0 Å². The van der Waals surface area contributed by atoms with Crippen LogP contribution in [0.25, 0.3) is 0 Å². The van der Waals surface area contributed by atoms with Crippen LogP contribution < -0.4 is 10.6 Å². The fraction of sp³-hybridized carbons (Fsp3) is 0.200. The minimum atomic E-state index is -0.250. The van der Waals surface area contributed by atoms with Crippen molar-refractivity contribution in [3.63, 3.8) is 0 Å². The second-order valence-corrected chi connectivity index (χ2v) is 6.74. The molecule has 0 spiro atoms. The highest BCUT2D eigenvalue weighted by Crippen LogP contribution is 2.42. The Morgan fingerprint density at radius 2 is 1.24 bits per heavy atom. The van der Waals surface area contributed by atoms with Gasteiger partial charge in [-0.3, -0.25) is 0 Å². The van der Waals surface area contributed by atoms with Gasteiger partial charge < -0.3 is 4.74 Å². The molecule has 86 valence electrons. The Labute approximate surface area is 103 Å². The minimum Gasteiger partial charge on any atom is -0.380 e. The lowest BCUT2D eigenvalue weighted by Gasteiger charge is -2.34. The zero-order valence-electron chi connectivity index (χ0n) is 9.62. The molecule has 1 nitrogen and oxygen atoms in total. The molecule has 0 aromatic heterocycles. The van der Waals surface area contributed by atoms with Gasteiger partial charge in [0.1, 0.15) is 0 Å². The molecule has 17 heavy (non-hydrogen) atoms. The summed E-state index contributed by atoms with van der Waals surface area (Å²) >= 11 is 0. The maximum Gasteiger partial charge on any atom is 0.0562 e. The van der Waals surface area contributed by atoms with E-state index in [2.05, 4.69) is 60.7 Å². The van der Waals surface area contributed by atoms with Gasteiger partial charge in [-0.25, -0.2) is 0 Å². The summed E-state index contributed by atoms with van der Waals surface area (Å²) in [7, 11) is -0.250. The molecular weight excluding hydrogens is 227 g/mol. The molecule has 0 N–H and O–H groups in total. The maximum atomic E-state index is 5.38. The third kappa shape index (κ3) is 2.26. The van der Waals surface area contributed by atoms with Gasteiger partial charge in [0.2, 0.25) is 0 Å². The molecule has 3 rings (SSSR count). The Morgan fingerprint density at radius 3 is 1.59 bits per heavy atom. The smallest absolute Gasteiger partial charge is 0.0562 e. The Kier molecular flexibility index (Phi) is 3.22. The topological polar surface area (TPSA) is 9.23 Å². The summed E-state index contributed by atoms with van der Waals surface area (Å²) in [6, 6.07) is 21.7. The van der Waals surface area contributed by atoms with Crippen molar-refractivity contribution in [2.75, 3.05) is 13.2 Å². The normalized spacial score (nSPS) is 15.8. The third-order valence-corrected chi connectivity index (χ3v) is 5.79. The molecule has 1 saturated heterocycles. The van der Waals surface area contributed by atoms with Crippen molar-refractivity contribution in [2.24, 2.45) is 0 Å². The molecular formula is C15H15OP. The van der Waals surface area contributed by atoms with Gasteiger partial charge in [-0.05, 0) is 18.5 Å². The highest BCUT2D eigenvalue weighted by molar-refractivity contribution is 7.73. The lowest BCUT2D eigenvalue weighted by molar-refractivity contribution is 0.0438. The van der Waals surface area contributed by atoms with Crippen molar-refractivity contribution in [3.8, 4) is 0 Å². The van der Waals surface area contributed by atoms with Crippen LogP contribution in [0.4, 0.5) is 0 Å². The minimum absolute atomic E-state index is 0.250. The molecule has 0 amide bonds. The van der Waals surface area contributed by atoms with Crippen LogP contribution in [0.5, 0.6) is 0 Å². The predicted molar refractivity (Wildman–Crippen MR) is 73.7 cm³/mol. The SMILES string of the molecule is c1ccc(P(c2ccccc2)C2COC2)cc1. The summed E-state index contributed by atoms with van der Waals surface area (Å²) in [5, 5.41) is 2.92. The van der Waals surface area contributed by atoms with Gasteiger partial charge in [0.05, 0.1) is 13.2 Å². The molecule has 0 aliphatic carbocycles.